The predicted octanol–water partition coefficient (Wildman–Crippen LogP) is 4.99. The lowest BCUT2D eigenvalue weighted by Gasteiger charge is -2.09. The van der Waals surface area contributed by atoms with Crippen LogP contribution >= 0.6 is 45.8 Å². The van der Waals surface area contributed by atoms with Gasteiger partial charge in [-0.15, -0.1) is 0 Å². The molecular weight excluding hydrogens is 403 g/mol. The summed E-state index contributed by atoms with van der Waals surface area (Å²) >= 11 is 13.6. The third-order valence-corrected chi connectivity index (χ3v) is 3.89. The van der Waals surface area contributed by atoms with E-state index in [9.17, 15) is 9.18 Å². The van der Waals surface area contributed by atoms with Gasteiger partial charge in [-0.05, 0) is 52.9 Å². The predicted molar refractivity (Wildman–Crippen MR) is 83.5 cm³/mol. The zero-order valence-electron chi connectivity index (χ0n) is 9.38. The van der Waals surface area contributed by atoms with Gasteiger partial charge in [0.1, 0.15) is 5.82 Å². The third-order valence-electron chi connectivity index (χ3n) is 2.38. The Morgan fingerprint density at radius 3 is 2.63 bits per heavy atom. The first-order valence-electron chi connectivity index (χ1n) is 5.19. The van der Waals surface area contributed by atoms with E-state index in [1.807, 2.05) is 22.6 Å². The van der Waals surface area contributed by atoms with Crippen LogP contribution in [-0.2, 0) is 0 Å². The fourth-order valence-corrected chi connectivity index (χ4v) is 2.68. The second-order valence-electron chi connectivity index (χ2n) is 3.68. The fourth-order valence-electron chi connectivity index (χ4n) is 1.46. The molecule has 0 radical (unpaired) electrons. The van der Waals surface area contributed by atoms with Gasteiger partial charge in [-0.1, -0.05) is 29.3 Å². The number of rotatable bonds is 2. The van der Waals surface area contributed by atoms with Gasteiger partial charge in [-0.2, -0.15) is 0 Å². The molecule has 0 aliphatic carbocycles. The van der Waals surface area contributed by atoms with Crippen LogP contribution in [0.25, 0.3) is 0 Å². The molecule has 0 bridgehead atoms. The van der Waals surface area contributed by atoms with Gasteiger partial charge >= 0.3 is 0 Å². The first-order valence-corrected chi connectivity index (χ1v) is 7.03. The minimum absolute atomic E-state index is 0.0902. The van der Waals surface area contributed by atoms with Crippen LogP contribution in [0.5, 0.6) is 0 Å². The van der Waals surface area contributed by atoms with Crippen molar-refractivity contribution >= 4 is 57.4 Å². The highest BCUT2D eigenvalue weighted by Gasteiger charge is 2.14. The number of carbonyl (C=O) groups is 1. The Hall–Kier alpha value is -0.850. The molecule has 2 rings (SSSR count). The highest BCUT2D eigenvalue weighted by atomic mass is 127. The SMILES string of the molecule is O=C(Nc1ccc(Cl)cc1I)c1cccc(F)c1Cl. The van der Waals surface area contributed by atoms with Gasteiger partial charge in [0.2, 0.25) is 0 Å². The number of anilines is 1. The summed E-state index contributed by atoms with van der Waals surface area (Å²) in [5.74, 6) is -1.09. The van der Waals surface area contributed by atoms with E-state index >= 15 is 0 Å². The smallest absolute Gasteiger partial charge is 0.257 e. The molecule has 0 heterocycles. The molecule has 98 valence electrons. The molecule has 0 spiro atoms. The van der Waals surface area contributed by atoms with Crippen molar-refractivity contribution in [2.45, 2.75) is 0 Å². The quantitative estimate of drug-likeness (QED) is 0.695. The molecule has 2 nitrogen and oxygen atoms in total. The summed E-state index contributed by atoms with van der Waals surface area (Å²) in [4.78, 5) is 12.0. The van der Waals surface area contributed by atoms with Crippen LogP contribution in [0.2, 0.25) is 10.0 Å². The monoisotopic (exact) mass is 409 g/mol. The summed E-state index contributed by atoms with van der Waals surface area (Å²) in [5, 5.41) is 3.05. The number of benzene rings is 2. The van der Waals surface area contributed by atoms with Crippen molar-refractivity contribution in [1.82, 2.24) is 0 Å². The lowest BCUT2D eigenvalue weighted by atomic mass is 10.2. The Balaban J connectivity index is 2.28. The van der Waals surface area contributed by atoms with Gasteiger partial charge in [0.25, 0.3) is 5.91 Å². The molecule has 1 N–H and O–H groups in total. The van der Waals surface area contributed by atoms with Crippen molar-refractivity contribution in [1.29, 1.82) is 0 Å². The number of hydrogen-bond acceptors (Lipinski definition) is 1. The summed E-state index contributed by atoms with van der Waals surface area (Å²) in [6.45, 7) is 0. The Kier molecular flexibility index (Phi) is 4.65. The molecule has 0 saturated heterocycles. The topological polar surface area (TPSA) is 29.1 Å². The zero-order valence-corrected chi connectivity index (χ0v) is 13.1. The number of carbonyl (C=O) groups excluding carboxylic acids is 1. The minimum atomic E-state index is -0.625. The summed E-state index contributed by atoms with van der Waals surface area (Å²) < 4.78 is 14.1. The fraction of sp³-hybridized carbons (Fsp3) is 0. The van der Waals surface area contributed by atoms with Crippen molar-refractivity contribution in [2.24, 2.45) is 0 Å². The van der Waals surface area contributed by atoms with Gasteiger partial charge in [-0.3, -0.25) is 4.79 Å². The molecule has 1 amide bonds. The van der Waals surface area contributed by atoms with Crippen LogP contribution in [0.1, 0.15) is 10.4 Å². The average Bonchev–Trinajstić information content (AvgIpc) is 2.36. The van der Waals surface area contributed by atoms with Crippen LogP contribution in [0.3, 0.4) is 0 Å². The minimum Gasteiger partial charge on any atom is -0.321 e. The molecule has 2 aromatic carbocycles. The lowest BCUT2D eigenvalue weighted by molar-refractivity contribution is 0.102. The maximum atomic E-state index is 13.3. The van der Waals surface area contributed by atoms with Gasteiger partial charge in [-0.25, -0.2) is 4.39 Å². The Morgan fingerprint density at radius 2 is 1.95 bits per heavy atom. The number of halogens is 4. The van der Waals surface area contributed by atoms with E-state index in [0.717, 1.165) is 3.57 Å². The first-order chi connectivity index (χ1) is 8.99. The molecule has 2 aromatic rings. The Morgan fingerprint density at radius 1 is 1.21 bits per heavy atom. The molecule has 6 heteroatoms. The molecule has 0 aliphatic heterocycles. The van der Waals surface area contributed by atoms with Gasteiger partial charge in [0.15, 0.2) is 0 Å². The highest BCUT2D eigenvalue weighted by molar-refractivity contribution is 14.1. The van der Waals surface area contributed by atoms with E-state index in [4.69, 9.17) is 23.2 Å². The van der Waals surface area contributed by atoms with Crippen LogP contribution in [-0.4, -0.2) is 5.91 Å². The van der Waals surface area contributed by atoms with E-state index < -0.39 is 11.7 Å². The van der Waals surface area contributed by atoms with Gasteiger partial charge in [0.05, 0.1) is 16.3 Å². The molecule has 0 aliphatic rings. The van der Waals surface area contributed by atoms with Crippen LogP contribution < -0.4 is 5.32 Å². The summed E-state index contributed by atoms with van der Waals surface area (Å²) in [6, 6.07) is 9.14. The molecular formula is C13H7Cl2FINO. The van der Waals surface area contributed by atoms with Crippen molar-refractivity contribution in [3.63, 3.8) is 0 Å². The summed E-state index contributed by atoms with van der Waals surface area (Å²) in [5.41, 5.74) is 0.683. The van der Waals surface area contributed by atoms with E-state index in [-0.39, 0.29) is 10.6 Å². The second-order valence-corrected chi connectivity index (χ2v) is 5.66. The van der Waals surface area contributed by atoms with Gasteiger partial charge < -0.3 is 5.32 Å². The normalized spacial score (nSPS) is 10.3. The maximum Gasteiger partial charge on any atom is 0.257 e. The van der Waals surface area contributed by atoms with Crippen LogP contribution in [0.4, 0.5) is 10.1 Å². The maximum absolute atomic E-state index is 13.3. The molecule has 19 heavy (non-hydrogen) atoms. The van der Waals surface area contributed by atoms with E-state index in [0.29, 0.717) is 10.7 Å². The Bertz CT molecular complexity index is 649. The average molecular weight is 410 g/mol. The van der Waals surface area contributed by atoms with Crippen LogP contribution in [0.15, 0.2) is 36.4 Å². The molecule has 0 saturated carbocycles. The highest BCUT2D eigenvalue weighted by Crippen LogP contribution is 2.25. The van der Waals surface area contributed by atoms with E-state index in [1.54, 1.807) is 18.2 Å². The molecule has 0 atom stereocenters. The van der Waals surface area contributed by atoms with Crippen molar-refractivity contribution in [3.05, 3.63) is 61.4 Å². The van der Waals surface area contributed by atoms with Crippen LogP contribution in [0, 0.1) is 9.39 Å². The second kappa shape index (κ2) is 6.07. The van der Waals surface area contributed by atoms with Crippen molar-refractivity contribution in [2.75, 3.05) is 5.32 Å². The van der Waals surface area contributed by atoms with Gasteiger partial charge in [0, 0.05) is 8.59 Å². The lowest BCUT2D eigenvalue weighted by Crippen LogP contribution is -2.13. The third kappa shape index (κ3) is 3.38. The van der Waals surface area contributed by atoms with Crippen molar-refractivity contribution < 1.29 is 9.18 Å². The zero-order chi connectivity index (χ0) is 14.0. The Labute approximate surface area is 133 Å². The number of hydrogen-bond donors (Lipinski definition) is 1. The summed E-state index contributed by atoms with van der Waals surface area (Å²) in [6.07, 6.45) is 0. The summed E-state index contributed by atoms with van der Waals surface area (Å²) in [7, 11) is 0. The van der Waals surface area contributed by atoms with E-state index in [2.05, 4.69) is 5.32 Å². The van der Waals surface area contributed by atoms with E-state index in [1.165, 1.54) is 18.2 Å². The first kappa shape index (κ1) is 14.6. The number of nitrogens with one attached hydrogen (secondary N) is 1. The number of amides is 1. The standard InChI is InChI=1S/C13H7Cl2FINO/c14-7-4-5-11(10(17)6-7)18-13(19)8-2-1-3-9(16)12(8)15/h1-6H,(H,18,19). The largest absolute Gasteiger partial charge is 0.321 e. The molecule has 0 unspecified atom stereocenters. The molecule has 0 fully saturated rings. The molecule has 0 aromatic heterocycles. The van der Waals surface area contributed by atoms with Crippen molar-refractivity contribution in [3.8, 4) is 0 Å².